The zero-order valence-electron chi connectivity index (χ0n) is 10.8. The van der Waals surface area contributed by atoms with E-state index in [0.717, 1.165) is 24.8 Å². The summed E-state index contributed by atoms with van der Waals surface area (Å²) in [5, 5.41) is 13.4. The van der Waals surface area contributed by atoms with Crippen molar-refractivity contribution in [2.45, 2.75) is 19.8 Å². The second-order valence-corrected chi connectivity index (χ2v) is 5.10. The van der Waals surface area contributed by atoms with Crippen molar-refractivity contribution in [1.82, 2.24) is 14.6 Å². The summed E-state index contributed by atoms with van der Waals surface area (Å²) in [6, 6.07) is 3.72. The van der Waals surface area contributed by atoms with Gasteiger partial charge in [-0.2, -0.15) is 0 Å². The molecule has 0 aliphatic carbocycles. The molecular formula is C13H16N4O2. The van der Waals surface area contributed by atoms with E-state index in [2.05, 4.69) is 21.9 Å². The van der Waals surface area contributed by atoms with Crippen LogP contribution in [0.5, 0.6) is 0 Å². The van der Waals surface area contributed by atoms with Crippen molar-refractivity contribution in [3.8, 4) is 0 Å². The Hall–Kier alpha value is -2.11. The van der Waals surface area contributed by atoms with Crippen LogP contribution in [-0.4, -0.2) is 38.8 Å². The average Bonchev–Trinajstić information content (AvgIpc) is 2.82. The van der Waals surface area contributed by atoms with Crippen molar-refractivity contribution in [3.05, 3.63) is 24.0 Å². The van der Waals surface area contributed by atoms with Gasteiger partial charge in [0.2, 0.25) is 0 Å². The zero-order valence-corrected chi connectivity index (χ0v) is 10.8. The number of carbonyl (C=O) groups is 1. The minimum Gasteiger partial charge on any atom is -0.476 e. The van der Waals surface area contributed by atoms with E-state index in [-0.39, 0.29) is 5.69 Å². The molecule has 100 valence electrons. The molecule has 2 aromatic heterocycles. The molecular weight excluding hydrogens is 244 g/mol. The molecule has 0 bridgehead atoms. The van der Waals surface area contributed by atoms with Crippen LogP contribution in [0.25, 0.3) is 5.65 Å². The lowest BCUT2D eigenvalue weighted by molar-refractivity contribution is 0.0691. The highest BCUT2D eigenvalue weighted by Gasteiger charge is 2.18. The van der Waals surface area contributed by atoms with E-state index in [1.54, 1.807) is 0 Å². The summed E-state index contributed by atoms with van der Waals surface area (Å²) in [5.74, 6) is 0.624. The second-order valence-electron chi connectivity index (χ2n) is 5.10. The molecule has 0 unspecified atom stereocenters. The molecule has 3 heterocycles. The van der Waals surface area contributed by atoms with Gasteiger partial charge in [0.05, 0.1) is 6.20 Å². The number of aromatic carboxylic acids is 1. The van der Waals surface area contributed by atoms with Crippen LogP contribution in [0.4, 0.5) is 5.82 Å². The summed E-state index contributed by atoms with van der Waals surface area (Å²) in [6.45, 7) is 4.27. The minimum absolute atomic E-state index is 0.0249. The van der Waals surface area contributed by atoms with E-state index in [9.17, 15) is 4.79 Å². The third kappa shape index (κ3) is 2.25. The third-order valence-electron chi connectivity index (χ3n) is 3.63. The highest BCUT2D eigenvalue weighted by Crippen LogP contribution is 2.21. The topological polar surface area (TPSA) is 70.7 Å². The Balaban J connectivity index is 1.90. The molecule has 0 saturated carbocycles. The van der Waals surface area contributed by atoms with Gasteiger partial charge in [-0.15, -0.1) is 5.10 Å². The number of hydrogen-bond donors (Lipinski definition) is 1. The first-order valence-corrected chi connectivity index (χ1v) is 6.48. The molecule has 2 aromatic rings. The molecule has 0 radical (unpaired) electrons. The van der Waals surface area contributed by atoms with Gasteiger partial charge in [-0.3, -0.25) is 0 Å². The molecule has 1 saturated heterocycles. The molecule has 3 rings (SSSR count). The highest BCUT2D eigenvalue weighted by atomic mass is 16.4. The van der Waals surface area contributed by atoms with Gasteiger partial charge in [-0.25, -0.2) is 14.3 Å². The summed E-state index contributed by atoms with van der Waals surface area (Å²) in [6.07, 6.45) is 3.79. The SMILES string of the molecule is CC1CCN(c2ccc3nc(C(=O)O)cn3n2)CC1. The number of anilines is 1. The van der Waals surface area contributed by atoms with Crippen LogP contribution in [0, 0.1) is 5.92 Å². The van der Waals surface area contributed by atoms with E-state index in [1.807, 2.05) is 12.1 Å². The molecule has 1 fully saturated rings. The molecule has 19 heavy (non-hydrogen) atoms. The first kappa shape index (κ1) is 12.0. The lowest BCUT2D eigenvalue weighted by Gasteiger charge is -2.30. The number of fused-ring (bicyclic) bond motifs is 1. The predicted octanol–water partition coefficient (Wildman–Crippen LogP) is 1.66. The van der Waals surface area contributed by atoms with Gasteiger partial charge in [0.25, 0.3) is 0 Å². The van der Waals surface area contributed by atoms with Crippen molar-refractivity contribution in [2.75, 3.05) is 18.0 Å². The van der Waals surface area contributed by atoms with Crippen LogP contribution >= 0.6 is 0 Å². The van der Waals surface area contributed by atoms with Crippen molar-refractivity contribution in [2.24, 2.45) is 5.92 Å². The molecule has 1 aliphatic heterocycles. The van der Waals surface area contributed by atoms with Gasteiger partial charge in [-0.05, 0) is 30.9 Å². The fourth-order valence-electron chi connectivity index (χ4n) is 2.38. The molecule has 1 N–H and O–H groups in total. The van der Waals surface area contributed by atoms with Crippen LogP contribution < -0.4 is 4.90 Å². The monoisotopic (exact) mass is 260 g/mol. The molecule has 1 aliphatic rings. The smallest absolute Gasteiger partial charge is 0.356 e. The Bertz CT molecular complexity index is 614. The van der Waals surface area contributed by atoms with Gasteiger partial charge >= 0.3 is 5.97 Å². The van der Waals surface area contributed by atoms with Gasteiger partial charge in [0, 0.05) is 13.1 Å². The third-order valence-corrected chi connectivity index (χ3v) is 3.63. The fourth-order valence-corrected chi connectivity index (χ4v) is 2.38. The number of piperidine rings is 1. The molecule has 0 spiro atoms. The van der Waals surface area contributed by atoms with Crippen LogP contribution in [-0.2, 0) is 0 Å². The number of aromatic nitrogens is 3. The van der Waals surface area contributed by atoms with E-state index in [4.69, 9.17) is 5.11 Å². The fraction of sp³-hybridized carbons (Fsp3) is 0.462. The number of nitrogens with zero attached hydrogens (tertiary/aromatic N) is 4. The Morgan fingerprint density at radius 1 is 1.37 bits per heavy atom. The van der Waals surface area contributed by atoms with E-state index in [0.29, 0.717) is 5.65 Å². The maximum Gasteiger partial charge on any atom is 0.356 e. The lowest BCUT2D eigenvalue weighted by atomic mass is 9.99. The second kappa shape index (κ2) is 4.53. The Labute approximate surface area is 110 Å². The summed E-state index contributed by atoms with van der Waals surface area (Å²) in [7, 11) is 0. The normalized spacial score (nSPS) is 17.0. The summed E-state index contributed by atoms with van der Waals surface area (Å²) < 4.78 is 1.54. The Morgan fingerprint density at radius 2 is 2.11 bits per heavy atom. The molecule has 0 atom stereocenters. The van der Waals surface area contributed by atoms with E-state index in [1.165, 1.54) is 23.6 Å². The maximum absolute atomic E-state index is 10.9. The minimum atomic E-state index is -1.03. The van der Waals surface area contributed by atoms with Gasteiger partial charge in [0.15, 0.2) is 11.3 Å². The predicted molar refractivity (Wildman–Crippen MR) is 70.6 cm³/mol. The lowest BCUT2D eigenvalue weighted by Crippen LogP contribution is -2.33. The quantitative estimate of drug-likeness (QED) is 0.889. The van der Waals surface area contributed by atoms with Crippen molar-refractivity contribution >= 4 is 17.4 Å². The van der Waals surface area contributed by atoms with Gasteiger partial charge in [0.1, 0.15) is 5.82 Å². The zero-order chi connectivity index (χ0) is 13.4. The molecule has 6 heteroatoms. The maximum atomic E-state index is 10.9. The van der Waals surface area contributed by atoms with E-state index < -0.39 is 5.97 Å². The first-order chi connectivity index (χ1) is 9.13. The summed E-state index contributed by atoms with van der Waals surface area (Å²) >= 11 is 0. The van der Waals surface area contributed by atoms with Crippen LogP contribution in [0.15, 0.2) is 18.3 Å². The summed E-state index contributed by atoms with van der Waals surface area (Å²) in [4.78, 5) is 17.1. The van der Waals surface area contributed by atoms with Gasteiger partial charge < -0.3 is 10.0 Å². The van der Waals surface area contributed by atoms with Gasteiger partial charge in [-0.1, -0.05) is 6.92 Å². The number of carboxylic acids is 1. The molecule has 6 nitrogen and oxygen atoms in total. The largest absolute Gasteiger partial charge is 0.476 e. The average molecular weight is 260 g/mol. The van der Waals surface area contributed by atoms with E-state index >= 15 is 0 Å². The first-order valence-electron chi connectivity index (χ1n) is 6.48. The van der Waals surface area contributed by atoms with Crippen LogP contribution in [0.3, 0.4) is 0 Å². The Morgan fingerprint density at radius 3 is 2.79 bits per heavy atom. The standard InChI is InChI=1S/C13H16N4O2/c1-9-4-6-16(7-5-9)12-3-2-11-14-10(13(18)19)8-17(11)15-12/h2-3,8-9H,4-7H2,1H3,(H,18,19). The molecule has 0 amide bonds. The number of rotatable bonds is 2. The summed E-state index contributed by atoms with van der Waals surface area (Å²) in [5.41, 5.74) is 0.587. The van der Waals surface area contributed by atoms with Crippen molar-refractivity contribution < 1.29 is 9.90 Å². The van der Waals surface area contributed by atoms with Crippen molar-refractivity contribution in [3.63, 3.8) is 0 Å². The van der Waals surface area contributed by atoms with Crippen LogP contribution in [0.2, 0.25) is 0 Å². The molecule has 0 aromatic carbocycles. The number of hydrogen-bond acceptors (Lipinski definition) is 4. The number of imidazole rings is 1. The van der Waals surface area contributed by atoms with Crippen LogP contribution in [0.1, 0.15) is 30.3 Å². The van der Waals surface area contributed by atoms with Crippen molar-refractivity contribution in [1.29, 1.82) is 0 Å². The number of carboxylic acid groups (broad SMARTS) is 1. The highest BCUT2D eigenvalue weighted by molar-refractivity contribution is 5.86. The Kier molecular flexibility index (Phi) is 2.85.